The molecule has 1 saturated carbocycles. The number of hydrogen-bond donors (Lipinski definition) is 2. The fraction of sp³-hybridized carbons (Fsp3) is 0.556. The van der Waals surface area contributed by atoms with E-state index in [4.69, 9.17) is 11.6 Å². The van der Waals surface area contributed by atoms with E-state index in [0.717, 1.165) is 23.7 Å². The molecule has 0 bridgehead atoms. The fourth-order valence-electron chi connectivity index (χ4n) is 1.73. The number of hydrogen-bond acceptors (Lipinski definition) is 4. The second-order valence-electron chi connectivity index (χ2n) is 3.58. The third-order valence-electron chi connectivity index (χ3n) is 2.52. The van der Waals surface area contributed by atoms with Gasteiger partial charge in [-0.05, 0) is 46.8 Å². The van der Waals surface area contributed by atoms with Crippen molar-refractivity contribution in [2.24, 2.45) is 0 Å². The van der Waals surface area contributed by atoms with E-state index < -0.39 is 0 Å². The van der Waals surface area contributed by atoms with Crippen LogP contribution < -0.4 is 5.32 Å². The minimum absolute atomic E-state index is 0.0623. The van der Waals surface area contributed by atoms with E-state index in [1.54, 1.807) is 6.20 Å². The maximum absolute atomic E-state index is 9.66. The monoisotopic (exact) mass is 291 g/mol. The van der Waals surface area contributed by atoms with Crippen molar-refractivity contribution in [2.75, 3.05) is 5.32 Å². The van der Waals surface area contributed by atoms with E-state index in [0.29, 0.717) is 5.82 Å². The summed E-state index contributed by atoms with van der Waals surface area (Å²) in [7, 11) is 0. The molecule has 1 aromatic heterocycles. The van der Waals surface area contributed by atoms with Crippen molar-refractivity contribution in [3.63, 3.8) is 0 Å². The molecule has 2 atom stereocenters. The SMILES string of the molecule is OC1CCCC1Nc1nc(Cl)ncc1Br. The first-order valence-corrected chi connectivity index (χ1v) is 5.96. The van der Waals surface area contributed by atoms with E-state index >= 15 is 0 Å². The summed E-state index contributed by atoms with van der Waals surface area (Å²) in [4.78, 5) is 7.89. The Morgan fingerprint density at radius 1 is 1.53 bits per heavy atom. The summed E-state index contributed by atoms with van der Waals surface area (Å²) in [5.41, 5.74) is 0. The average Bonchev–Trinajstić information content (AvgIpc) is 2.58. The van der Waals surface area contributed by atoms with Crippen LogP contribution in [0.4, 0.5) is 5.82 Å². The molecule has 2 rings (SSSR count). The van der Waals surface area contributed by atoms with Gasteiger partial charge in [0.05, 0.1) is 16.6 Å². The zero-order valence-corrected chi connectivity index (χ0v) is 10.3. The van der Waals surface area contributed by atoms with Crippen molar-refractivity contribution >= 4 is 33.3 Å². The van der Waals surface area contributed by atoms with Crippen LogP contribution >= 0.6 is 27.5 Å². The lowest BCUT2D eigenvalue weighted by Gasteiger charge is -2.17. The lowest BCUT2D eigenvalue weighted by molar-refractivity contribution is 0.171. The van der Waals surface area contributed by atoms with Crippen LogP contribution in [-0.4, -0.2) is 27.2 Å². The van der Waals surface area contributed by atoms with Gasteiger partial charge in [-0.15, -0.1) is 0 Å². The van der Waals surface area contributed by atoms with E-state index in [1.165, 1.54) is 0 Å². The molecule has 6 heteroatoms. The summed E-state index contributed by atoms with van der Waals surface area (Å²) >= 11 is 9.02. The molecular formula is C9H11BrClN3O. The van der Waals surface area contributed by atoms with Crippen molar-refractivity contribution < 1.29 is 5.11 Å². The molecule has 1 fully saturated rings. The highest BCUT2D eigenvalue weighted by molar-refractivity contribution is 9.10. The predicted molar refractivity (Wildman–Crippen MR) is 62.0 cm³/mol. The van der Waals surface area contributed by atoms with Gasteiger partial charge < -0.3 is 10.4 Å². The molecule has 4 nitrogen and oxygen atoms in total. The van der Waals surface area contributed by atoms with Crippen molar-refractivity contribution in [2.45, 2.75) is 31.4 Å². The number of halogens is 2. The number of anilines is 1. The maximum atomic E-state index is 9.66. The predicted octanol–water partition coefficient (Wildman–Crippen LogP) is 2.22. The molecule has 0 saturated heterocycles. The second kappa shape index (κ2) is 4.63. The first kappa shape index (κ1) is 11.1. The van der Waals surface area contributed by atoms with Crippen molar-refractivity contribution in [3.05, 3.63) is 16.0 Å². The highest BCUT2D eigenvalue weighted by Gasteiger charge is 2.25. The van der Waals surface area contributed by atoms with Gasteiger partial charge in [0, 0.05) is 6.20 Å². The third-order valence-corrected chi connectivity index (χ3v) is 3.28. The Labute approximate surface area is 101 Å². The summed E-state index contributed by atoms with van der Waals surface area (Å²) in [6, 6.07) is 0.0623. The lowest BCUT2D eigenvalue weighted by Crippen LogP contribution is -2.28. The van der Waals surface area contributed by atoms with Crippen LogP contribution in [0.3, 0.4) is 0 Å². The van der Waals surface area contributed by atoms with Crippen LogP contribution in [0.25, 0.3) is 0 Å². The van der Waals surface area contributed by atoms with Gasteiger partial charge in [-0.3, -0.25) is 0 Å². The molecule has 0 radical (unpaired) electrons. The minimum atomic E-state index is -0.300. The van der Waals surface area contributed by atoms with Gasteiger partial charge in [0.1, 0.15) is 5.82 Å². The molecule has 15 heavy (non-hydrogen) atoms. The standard InChI is InChI=1S/C9H11BrClN3O/c10-5-4-12-9(11)14-8(5)13-6-2-1-3-7(6)15/h4,6-7,15H,1-3H2,(H,12,13,14). The molecular weight excluding hydrogens is 281 g/mol. The Morgan fingerprint density at radius 2 is 2.33 bits per heavy atom. The first-order chi connectivity index (χ1) is 7.16. The first-order valence-electron chi connectivity index (χ1n) is 4.79. The van der Waals surface area contributed by atoms with Gasteiger partial charge in [-0.2, -0.15) is 4.98 Å². The summed E-state index contributed by atoms with van der Waals surface area (Å²) in [6.07, 6.45) is 4.13. The number of nitrogens with one attached hydrogen (secondary N) is 1. The summed E-state index contributed by atoms with van der Waals surface area (Å²) < 4.78 is 0.756. The topological polar surface area (TPSA) is 58.0 Å². The highest BCUT2D eigenvalue weighted by atomic mass is 79.9. The number of rotatable bonds is 2. The maximum Gasteiger partial charge on any atom is 0.224 e. The molecule has 1 aliphatic carbocycles. The van der Waals surface area contributed by atoms with Gasteiger partial charge in [-0.25, -0.2) is 4.98 Å². The van der Waals surface area contributed by atoms with E-state index in [2.05, 4.69) is 31.2 Å². The van der Waals surface area contributed by atoms with Gasteiger partial charge in [0.15, 0.2) is 0 Å². The largest absolute Gasteiger partial charge is 0.391 e. The van der Waals surface area contributed by atoms with E-state index in [1.807, 2.05) is 0 Å². The Kier molecular flexibility index (Phi) is 3.43. The van der Waals surface area contributed by atoms with E-state index in [9.17, 15) is 5.11 Å². The zero-order valence-electron chi connectivity index (χ0n) is 7.95. The van der Waals surface area contributed by atoms with E-state index in [-0.39, 0.29) is 17.4 Å². The normalized spacial score (nSPS) is 25.5. The summed E-state index contributed by atoms with van der Waals surface area (Å²) in [6.45, 7) is 0. The van der Waals surface area contributed by atoms with Gasteiger partial charge in [0.2, 0.25) is 5.28 Å². The summed E-state index contributed by atoms with van der Waals surface area (Å²) in [5.74, 6) is 0.640. The molecule has 2 N–H and O–H groups in total. The number of nitrogens with zero attached hydrogens (tertiary/aromatic N) is 2. The van der Waals surface area contributed by atoms with Crippen molar-refractivity contribution in [1.82, 2.24) is 9.97 Å². The smallest absolute Gasteiger partial charge is 0.224 e. The molecule has 0 spiro atoms. The van der Waals surface area contributed by atoms with Gasteiger partial charge in [0.25, 0.3) is 0 Å². The Balaban J connectivity index is 2.12. The zero-order chi connectivity index (χ0) is 10.8. The molecule has 2 unspecified atom stereocenters. The van der Waals surface area contributed by atoms with Gasteiger partial charge >= 0.3 is 0 Å². The van der Waals surface area contributed by atoms with Crippen LogP contribution in [-0.2, 0) is 0 Å². The van der Waals surface area contributed by atoms with Crippen LogP contribution in [0.5, 0.6) is 0 Å². The van der Waals surface area contributed by atoms with Crippen LogP contribution in [0.2, 0.25) is 5.28 Å². The molecule has 1 aromatic rings. The van der Waals surface area contributed by atoms with Crippen LogP contribution in [0.15, 0.2) is 10.7 Å². The Bertz CT molecular complexity index is 363. The fourth-order valence-corrected chi connectivity index (χ4v) is 2.17. The second-order valence-corrected chi connectivity index (χ2v) is 4.78. The molecule has 0 amide bonds. The quantitative estimate of drug-likeness (QED) is 0.821. The highest BCUT2D eigenvalue weighted by Crippen LogP contribution is 2.26. The lowest BCUT2D eigenvalue weighted by atomic mass is 10.2. The summed E-state index contributed by atoms with van der Waals surface area (Å²) in [5, 5.41) is 13.0. The number of aliphatic hydroxyl groups is 1. The molecule has 1 aliphatic rings. The average molecular weight is 293 g/mol. The molecule has 0 aromatic carbocycles. The molecule has 1 heterocycles. The Morgan fingerprint density at radius 3 is 3.00 bits per heavy atom. The third kappa shape index (κ3) is 2.59. The Hall–Kier alpha value is -0.390. The number of aliphatic hydroxyl groups excluding tert-OH is 1. The number of aromatic nitrogens is 2. The van der Waals surface area contributed by atoms with Crippen molar-refractivity contribution in [3.8, 4) is 0 Å². The van der Waals surface area contributed by atoms with Gasteiger partial charge in [-0.1, -0.05) is 0 Å². The van der Waals surface area contributed by atoms with Crippen LogP contribution in [0.1, 0.15) is 19.3 Å². The van der Waals surface area contributed by atoms with Crippen molar-refractivity contribution in [1.29, 1.82) is 0 Å². The minimum Gasteiger partial charge on any atom is -0.391 e. The van der Waals surface area contributed by atoms with Crippen LogP contribution in [0, 0.1) is 0 Å². The molecule has 82 valence electrons. The molecule has 0 aliphatic heterocycles.